The molecule has 1 unspecified atom stereocenters. The zero-order valence-corrected chi connectivity index (χ0v) is 8.79. The molecule has 0 amide bonds. The van der Waals surface area contributed by atoms with Gasteiger partial charge in [-0.1, -0.05) is 24.0 Å². The quantitative estimate of drug-likeness (QED) is 0.788. The van der Waals surface area contributed by atoms with E-state index in [2.05, 4.69) is 0 Å². The van der Waals surface area contributed by atoms with Crippen molar-refractivity contribution >= 4 is 7.85 Å². The molecular formula is C10H12BF3O2. The summed E-state index contributed by atoms with van der Waals surface area (Å²) in [6.45, 7) is -0.783. The lowest BCUT2D eigenvalue weighted by molar-refractivity contribution is -0.210. The topological polar surface area (TPSA) is 29.5 Å². The summed E-state index contributed by atoms with van der Waals surface area (Å²) in [7, 11) is 1.98. The van der Waals surface area contributed by atoms with Crippen molar-refractivity contribution in [3.8, 4) is 5.75 Å². The largest absolute Gasteiger partial charge is 0.491 e. The van der Waals surface area contributed by atoms with Crippen molar-refractivity contribution in [3.63, 3.8) is 0 Å². The van der Waals surface area contributed by atoms with Gasteiger partial charge in [0, 0.05) is 0 Å². The van der Waals surface area contributed by atoms with Crippen LogP contribution < -0.4 is 4.74 Å². The van der Waals surface area contributed by atoms with Gasteiger partial charge in [-0.2, -0.15) is 13.2 Å². The zero-order chi connectivity index (χ0) is 12.2. The lowest BCUT2D eigenvalue weighted by Gasteiger charge is -2.15. The molecular weight excluding hydrogens is 220 g/mol. The van der Waals surface area contributed by atoms with Crippen molar-refractivity contribution in [3.05, 3.63) is 29.8 Å². The van der Waals surface area contributed by atoms with E-state index in [4.69, 9.17) is 9.84 Å². The Bertz CT molecular complexity index is 324. The van der Waals surface area contributed by atoms with Crippen LogP contribution in [0.5, 0.6) is 5.75 Å². The van der Waals surface area contributed by atoms with Gasteiger partial charge in [0.1, 0.15) is 20.2 Å². The number of hydrogen-bond donors (Lipinski definition) is 1. The fraction of sp³-hybridized carbons (Fsp3) is 0.400. The Labute approximate surface area is 92.4 Å². The fourth-order valence-electron chi connectivity index (χ4n) is 1.09. The van der Waals surface area contributed by atoms with Crippen LogP contribution >= 0.6 is 0 Å². The summed E-state index contributed by atoms with van der Waals surface area (Å²) >= 11 is 0. The van der Waals surface area contributed by atoms with Crippen molar-refractivity contribution < 1.29 is 23.0 Å². The number of alkyl halides is 3. The Morgan fingerprint density at radius 1 is 1.25 bits per heavy atom. The number of ether oxygens (including phenoxy) is 1. The molecule has 1 aromatic carbocycles. The number of hydrogen-bond acceptors (Lipinski definition) is 2. The first-order valence-corrected chi connectivity index (χ1v) is 4.90. The SMILES string of the molecule is BCc1ccc(OCC(O)C(F)(F)F)cc1. The number of aliphatic hydroxyl groups is 1. The number of aliphatic hydroxyl groups excluding tert-OH is 1. The Balaban J connectivity index is 2.48. The summed E-state index contributed by atoms with van der Waals surface area (Å²) in [5.41, 5.74) is 1.07. The molecule has 0 heterocycles. The van der Waals surface area contributed by atoms with Crippen LogP contribution in [0.1, 0.15) is 5.56 Å². The molecule has 0 aliphatic carbocycles. The monoisotopic (exact) mass is 232 g/mol. The van der Waals surface area contributed by atoms with Gasteiger partial charge in [-0.3, -0.25) is 0 Å². The van der Waals surface area contributed by atoms with Gasteiger partial charge in [0.2, 0.25) is 0 Å². The van der Waals surface area contributed by atoms with Crippen LogP contribution in [-0.4, -0.2) is 31.8 Å². The highest BCUT2D eigenvalue weighted by Crippen LogP contribution is 2.21. The molecule has 16 heavy (non-hydrogen) atoms. The van der Waals surface area contributed by atoms with Crippen molar-refractivity contribution in [2.45, 2.75) is 18.6 Å². The van der Waals surface area contributed by atoms with Gasteiger partial charge >= 0.3 is 6.18 Å². The Kier molecular flexibility index (Phi) is 4.23. The molecule has 6 heteroatoms. The smallest absolute Gasteiger partial charge is 0.417 e. The van der Waals surface area contributed by atoms with Gasteiger partial charge in [0.15, 0.2) is 6.10 Å². The maximum atomic E-state index is 11.9. The predicted molar refractivity (Wildman–Crippen MR) is 56.2 cm³/mol. The van der Waals surface area contributed by atoms with Crippen molar-refractivity contribution in [1.29, 1.82) is 0 Å². The number of halogens is 3. The molecule has 0 bridgehead atoms. The van der Waals surface area contributed by atoms with Crippen LogP contribution in [0.2, 0.25) is 0 Å². The molecule has 1 atom stereocenters. The highest BCUT2D eigenvalue weighted by atomic mass is 19.4. The summed E-state index contributed by atoms with van der Waals surface area (Å²) < 4.78 is 40.6. The van der Waals surface area contributed by atoms with E-state index in [1.807, 2.05) is 7.85 Å². The first-order chi connectivity index (χ1) is 7.43. The van der Waals surface area contributed by atoms with Gasteiger partial charge in [-0.15, -0.1) is 0 Å². The highest BCUT2D eigenvalue weighted by molar-refractivity contribution is 6.08. The van der Waals surface area contributed by atoms with E-state index < -0.39 is 18.9 Å². The van der Waals surface area contributed by atoms with Crippen LogP contribution in [0.4, 0.5) is 13.2 Å². The second-order valence-corrected chi connectivity index (χ2v) is 3.37. The minimum Gasteiger partial charge on any atom is -0.491 e. The number of rotatable bonds is 4. The first kappa shape index (κ1) is 12.9. The van der Waals surface area contributed by atoms with Crippen LogP contribution in [-0.2, 0) is 6.32 Å². The Hall–Kier alpha value is -1.17. The summed E-state index contributed by atoms with van der Waals surface area (Å²) in [6, 6.07) is 6.72. The summed E-state index contributed by atoms with van der Waals surface area (Å²) in [4.78, 5) is 0. The molecule has 0 saturated heterocycles. The molecule has 0 saturated carbocycles. The minimum absolute atomic E-state index is 0.320. The molecule has 88 valence electrons. The Morgan fingerprint density at radius 3 is 2.25 bits per heavy atom. The summed E-state index contributed by atoms with van der Waals surface area (Å²) in [6.07, 6.45) is -6.23. The summed E-state index contributed by atoms with van der Waals surface area (Å²) in [5.74, 6) is 0.320. The second kappa shape index (κ2) is 5.25. The molecule has 0 fully saturated rings. The third-order valence-electron chi connectivity index (χ3n) is 2.12. The van der Waals surface area contributed by atoms with Crippen LogP contribution in [0.3, 0.4) is 0 Å². The molecule has 2 nitrogen and oxygen atoms in total. The van der Waals surface area contributed by atoms with Crippen molar-refractivity contribution in [2.75, 3.05) is 6.61 Å². The summed E-state index contributed by atoms with van der Waals surface area (Å²) in [5, 5.41) is 8.70. The van der Waals surface area contributed by atoms with Gasteiger partial charge in [-0.25, -0.2) is 0 Å². The van der Waals surface area contributed by atoms with Crippen LogP contribution in [0, 0.1) is 0 Å². The maximum Gasteiger partial charge on any atom is 0.417 e. The second-order valence-electron chi connectivity index (χ2n) is 3.37. The number of benzene rings is 1. The van der Waals surface area contributed by atoms with E-state index in [9.17, 15) is 13.2 Å². The van der Waals surface area contributed by atoms with Crippen LogP contribution in [0.25, 0.3) is 0 Å². The van der Waals surface area contributed by atoms with E-state index in [0.29, 0.717) is 5.75 Å². The standard InChI is InChI=1S/C10H12BF3O2/c11-5-7-1-3-8(4-2-7)16-6-9(15)10(12,13)14/h1-4,9,15H,5-6,11H2. The molecule has 1 rings (SSSR count). The normalized spacial score (nSPS) is 13.5. The van der Waals surface area contributed by atoms with E-state index >= 15 is 0 Å². The first-order valence-electron chi connectivity index (χ1n) is 4.90. The molecule has 0 radical (unpaired) electrons. The molecule has 1 aromatic rings. The van der Waals surface area contributed by atoms with Crippen molar-refractivity contribution in [2.24, 2.45) is 0 Å². The average Bonchev–Trinajstić information content (AvgIpc) is 2.25. The highest BCUT2D eigenvalue weighted by Gasteiger charge is 2.38. The van der Waals surface area contributed by atoms with E-state index in [1.54, 1.807) is 24.3 Å². The molecule has 0 spiro atoms. The predicted octanol–water partition coefficient (Wildman–Crippen LogP) is 1.12. The third kappa shape index (κ3) is 3.77. The third-order valence-corrected chi connectivity index (χ3v) is 2.12. The van der Waals surface area contributed by atoms with E-state index in [0.717, 1.165) is 11.9 Å². The average molecular weight is 232 g/mol. The maximum absolute atomic E-state index is 11.9. The Morgan fingerprint density at radius 2 is 1.81 bits per heavy atom. The fourth-order valence-corrected chi connectivity index (χ4v) is 1.09. The van der Waals surface area contributed by atoms with Gasteiger partial charge < -0.3 is 9.84 Å². The van der Waals surface area contributed by atoms with Gasteiger partial charge in [-0.05, 0) is 12.1 Å². The lowest BCUT2D eigenvalue weighted by atomic mass is 9.97. The van der Waals surface area contributed by atoms with Crippen molar-refractivity contribution in [1.82, 2.24) is 0 Å². The zero-order valence-electron chi connectivity index (χ0n) is 8.79. The minimum atomic E-state index is -4.64. The van der Waals surface area contributed by atoms with E-state index in [1.165, 1.54) is 0 Å². The molecule has 1 N–H and O–H groups in total. The molecule has 0 aliphatic heterocycles. The molecule has 0 aliphatic rings. The van der Waals surface area contributed by atoms with Crippen LogP contribution in [0.15, 0.2) is 24.3 Å². The van der Waals surface area contributed by atoms with Gasteiger partial charge in [0.25, 0.3) is 0 Å². The molecule has 0 aromatic heterocycles. The lowest BCUT2D eigenvalue weighted by Crippen LogP contribution is -2.34. The van der Waals surface area contributed by atoms with E-state index in [-0.39, 0.29) is 0 Å². The van der Waals surface area contributed by atoms with Gasteiger partial charge in [0.05, 0.1) is 0 Å².